The quantitative estimate of drug-likeness (QED) is 0.101. The molecule has 0 saturated carbocycles. The molecule has 2 saturated heterocycles. The second kappa shape index (κ2) is 22.1. The molecule has 364 valence electrons. The van der Waals surface area contributed by atoms with Crippen LogP contribution in [-0.4, -0.2) is 84.6 Å². The van der Waals surface area contributed by atoms with Crippen LogP contribution in [0.1, 0.15) is 11.1 Å². The zero-order chi connectivity index (χ0) is 49.9. The van der Waals surface area contributed by atoms with Gasteiger partial charge in [-0.25, -0.2) is 19.6 Å². The summed E-state index contributed by atoms with van der Waals surface area (Å²) in [6.45, 7) is 5.80. The molecule has 20 heteroatoms. The number of halogens is 3. The average Bonchev–Trinajstić information content (AvgIpc) is 3.40. The number of rotatable bonds is 10. The van der Waals surface area contributed by atoms with Crippen LogP contribution in [0.2, 0.25) is 0 Å². The predicted octanol–water partition coefficient (Wildman–Crippen LogP) is 10.7. The highest BCUT2D eigenvalue weighted by Crippen LogP contribution is 2.31. The van der Waals surface area contributed by atoms with Gasteiger partial charge in [0.25, 0.3) is 0 Å². The van der Waals surface area contributed by atoms with E-state index >= 15 is 0 Å². The van der Waals surface area contributed by atoms with Crippen LogP contribution in [0.15, 0.2) is 146 Å². The van der Waals surface area contributed by atoms with Crippen molar-refractivity contribution in [2.45, 2.75) is 6.18 Å². The second-order valence-corrected chi connectivity index (χ2v) is 16.1. The van der Waals surface area contributed by atoms with Crippen LogP contribution in [0.25, 0.3) is 22.1 Å². The molecular formula is C52H44F3N11O6. The largest absolute Gasteiger partial charge is 0.457 e. The number of nitrogens with zero attached hydrogens (tertiary/aromatic N) is 7. The Morgan fingerprint density at radius 3 is 1.25 bits per heavy atom. The number of hydrogen-bond acceptors (Lipinski definition) is 13. The molecule has 0 spiro atoms. The van der Waals surface area contributed by atoms with Gasteiger partial charge in [-0.2, -0.15) is 18.4 Å². The van der Waals surface area contributed by atoms with Crippen LogP contribution in [0.5, 0.6) is 23.0 Å². The Morgan fingerprint density at radius 2 is 0.875 bits per heavy atom. The van der Waals surface area contributed by atoms with Gasteiger partial charge >= 0.3 is 18.2 Å². The van der Waals surface area contributed by atoms with Gasteiger partial charge in [0.1, 0.15) is 34.6 Å². The van der Waals surface area contributed by atoms with Crippen LogP contribution in [0.3, 0.4) is 0 Å². The molecule has 2 fully saturated rings. The van der Waals surface area contributed by atoms with Crippen molar-refractivity contribution in [2.24, 2.45) is 0 Å². The van der Waals surface area contributed by atoms with Crippen molar-refractivity contribution in [3.05, 3.63) is 157 Å². The van der Waals surface area contributed by atoms with Gasteiger partial charge in [-0.15, -0.1) is 0 Å². The van der Waals surface area contributed by atoms with Gasteiger partial charge in [-0.05, 0) is 121 Å². The molecule has 72 heavy (non-hydrogen) atoms. The monoisotopic (exact) mass is 975 g/mol. The number of carbonyl (C=O) groups is 2. The van der Waals surface area contributed by atoms with E-state index in [1.807, 2.05) is 36.4 Å². The maximum Gasteiger partial charge on any atom is 0.416 e. The second-order valence-electron chi connectivity index (χ2n) is 16.1. The standard InChI is InChI=1S/C26H22F3N5O3.C26H22N6O3/c27-26(28,29)17-1-3-18(4-2-17)31-25(35)32-19-5-7-20(8-6-19)37-21-9-10-22-23(15-21)33-24(16-30-22)34-11-13-36-14-12-34;27-16-18-1-3-19(4-2-18)29-26(33)30-20-5-7-21(8-6-20)35-22-9-10-23-24(15-22)31-25(17-28-23)32-11-13-34-14-12-32/h1-10,15-16H,11-14H2,(H2,31,32,35);1-10,15,17H,11-14H2,(H2,29,30,33). The SMILES string of the molecule is N#Cc1ccc(NC(=O)Nc2ccc(Oc3ccc4ncc(N5CCOCC5)nc4c3)cc2)cc1.O=C(Nc1ccc(Oc2ccc3ncc(N4CCOCC4)nc3c2)cc1)Nc1ccc(C(F)(F)F)cc1. The number of nitrogens with one attached hydrogen (secondary N) is 4. The van der Waals surface area contributed by atoms with E-state index in [9.17, 15) is 22.8 Å². The highest BCUT2D eigenvalue weighted by Gasteiger charge is 2.30. The molecule has 0 radical (unpaired) electrons. The predicted molar refractivity (Wildman–Crippen MR) is 266 cm³/mol. The first-order valence-electron chi connectivity index (χ1n) is 22.6. The molecule has 4 heterocycles. The minimum absolute atomic E-state index is 0.238. The Kier molecular flexibility index (Phi) is 14.8. The Balaban J connectivity index is 0.000000178. The number of carbonyl (C=O) groups excluding carboxylic acids is 2. The first-order chi connectivity index (χ1) is 35.0. The van der Waals surface area contributed by atoms with E-state index in [0.717, 1.165) is 66.5 Å². The minimum Gasteiger partial charge on any atom is -0.457 e. The van der Waals surface area contributed by atoms with Crippen molar-refractivity contribution in [3.8, 4) is 29.1 Å². The smallest absolute Gasteiger partial charge is 0.416 e. The summed E-state index contributed by atoms with van der Waals surface area (Å²) in [6.07, 6.45) is -0.887. The van der Waals surface area contributed by atoms with E-state index in [1.54, 1.807) is 91.3 Å². The summed E-state index contributed by atoms with van der Waals surface area (Å²) in [5.41, 5.74) is 4.68. The maximum absolute atomic E-state index is 12.7. The first kappa shape index (κ1) is 48.0. The fraction of sp³-hybridized carbons (Fsp3) is 0.173. The van der Waals surface area contributed by atoms with Gasteiger partial charge in [-0.1, -0.05) is 0 Å². The highest BCUT2D eigenvalue weighted by molar-refractivity contribution is 6.00. The van der Waals surface area contributed by atoms with Crippen LogP contribution >= 0.6 is 0 Å². The Bertz CT molecular complexity index is 3200. The zero-order valence-electron chi connectivity index (χ0n) is 38.2. The summed E-state index contributed by atoms with van der Waals surface area (Å²) >= 11 is 0. The average molecular weight is 976 g/mol. The molecule has 10 rings (SSSR count). The molecule has 0 unspecified atom stereocenters. The minimum atomic E-state index is -4.43. The van der Waals surface area contributed by atoms with Crippen LogP contribution in [-0.2, 0) is 15.7 Å². The fourth-order valence-corrected chi connectivity index (χ4v) is 7.42. The molecule has 17 nitrogen and oxygen atoms in total. The number of fused-ring (bicyclic) bond motifs is 2. The number of aromatic nitrogens is 4. The normalized spacial score (nSPS) is 13.5. The van der Waals surface area contributed by atoms with E-state index in [1.165, 1.54) is 12.1 Å². The first-order valence-corrected chi connectivity index (χ1v) is 22.6. The lowest BCUT2D eigenvalue weighted by molar-refractivity contribution is -0.137. The lowest BCUT2D eigenvalue weighted by Gasteiger charge is -2.27. The van der Waals surface area contributed by atoms with Gasteiger partial charge in [0.15, 0.2) is 0 Å². The van der Waals surface area contributed by atoms with Gasteiger partial charge in [-0.3, -0.25) is 9.97 Å². The van der Waals surface area contributed by atoms with Crippen LogP contribution in [0.4, 0.5) is 57.1 Å². The van der Waals surface area contributed by atoms with E-state index < -0.39 is 17.8 Å². The van der Waals surface area contributed by atoms with Crippen molar-refractivity contribution >= 4 is 68.5 Å². The third-order valence-electron chi connectivity index (χ3n) is 11.1. The van der Waals surface area contributed by atoms with Crippen molar-refractivity contribution < 1.29 is 41.7 Å². The maximum atomic E-state index is 12.7. The van der Waals surface area contributed by atoms with E-state index in [0.29, 0.717) is 77.6 Å². The number of anilines is 6. The van der Waals surface area contributed by atoms with E-state index in [-0.39, 0.29) is 11.7 Å². The molecule has 8 aromatic rings. The third kappa shape index (κ3) is 12.8. The number of ether oxygens (including phenoxy) is 4. The van der Waals surface area contributed by atoms with Crippen molar-refractivity contribution in [1.82, 2.24) is 19.9 Å². The van der Waals surface area contributed by atoms with E-state index in [2.05, 4.69) is 41.0 Å². The Labute approximate surface area is 410 Å². The van der Waals surface area contributed by atoms with Crippen molar-refractivity contribution in [3.63, 3.8) is 0 Å². The lowest BCUT2D eigenvalue weighted by Crippen LogP contribution is -2.36. The molecular weight excluding hydrogens is 932 g/mol. The number of benzene rings is 6. The lowest BCUT2D eigenvalue weighted by atomic mass is 10.2. The van der Waals surface area contributed by atoms with Crippen molar-refractivity contribution in [1.29, 1.82) is 5.26 Å². The number of hydrogen-bond donors (Lipinski definition) is 4. The Hall–Kier alpha value is -9.06. The molecule has 2 aliphatic heterocycles. The van der Waals surface area contributed by atoms with Gasteiger partial charge in [0.05, 0.1) is 78.1 Å². The number of morpholine rings is 2. The summed E-state index contributed by atoms with van der Waals surface area (Å²) in [7, 11) is 0. The zero-order valence-corrected chi connectivity index (χ0v) is 38.2. The molecule has 2 aromatic heterocycles. The molecule has 6 aromatic carbocycles. The highest BCUT2D eigenvalue weighted by atomic mass is 19.4. The molecule has 0 atom stereocenters. The van der Waals surface area contributed by atoms with E-state index in [4.69, 9.17) is 34.2 Å². The molecule has 0 aliphatic carbocycles. The number of alkyl halides is 3. The van der Waals surface area contributed by atoms with Gasteiger partial charge < -0.3 is 50.0 Å². The van der Waals surface area contributed by atoms with Crippen molar-refractivity contribution in [2.75, 3.05) is 83.7 Å². The fourth-order valence-electron chi connectivity index (χ4n) is 7.42. The van der Waals surface area contributed by atoms with Crippen LogP contribution in [0, 0.1) is 11.3 Å². The number of nitriles is 1. The topological polar surface area (TPSA) is 201 Å². The summed E-state index contributed by atoms with van der Waals surface area (Å²) in [5.74, 6) is 4.02. The molecule has 0 bridgehead atoms. The third-order valence-corrected chi connectivity index (χ3v) is 11.1. The summed E-state index contributed by atoms with van der Waals surface area (Å²) in [4.78, 5) is 47.2. The Morgan fingerprint density at radius 1 is 0.514 bits per heavy atom. The summed E-state index contributed by atoms with van der Waals surface area (Å²) in [6, 6.07) is 36.7. The molecule has 2 aliphatic rings. The molecule has 4 amide bonds. The number of urea groups is 2. The van der Waals surface area contributed by atoms with Crippen LogP contribution < -0.4 is 40.5 Å². The summed E-state index contributed by atoms with van der Waals surface area (Å²) in [5, 5.41) is 19.5. The number of amides is 4. The summed E-state index contributed by atoms with van der Waals surface area (Å²) < 4.78 is 60.8. The molecule has 4 N–H and O–H groups in total. The van der Waals surface area contributed by atoms with Gasteiger partial charge in [0, 0.05) is 61.1 Å². The van der Waals surface area contributed by atoms with Gasteiger partial charge in [0.2, 0.25) is 0 Å².